The van der Waals surface area contributed by atoms with Crippen LogP contribution in [0.25, 0.3) is 0 Å². The fourth-order valence-electron chi connectivity index (χ4n) is 2.34. The molecule has 0 saturated carbocycles. The molecule has 2 aliphatic heterocycles. The van der Waals surface area contributed by atoms with Crippen LogP contribution in [0.4, 0.5) is 0 Å². The number of aliphatic hydroxyl groups is 1. The number of hydrogen-bond acceptors (Lipinski definition) is 6. The second kappa shape index (κ2) is 6.35. The Kier molecular flexibility index (Phi) is 4.75. The molecule has 0 aromatic carbocycles. The maximum absolute atomic E-state index is 12.2. The average Bonchev–Trinajstić information content (AvgIpc) is 2.84. The van der Waals surface area contributed by atoms with Crippen LogP contribution >= 0.6 is 11.8 Å². The zero-order valence-corrected chi connectivity index (χ0v) is 12.4. The highest BCUT2D eigenvalue weighted by Gasteiger charge is 2.45. The minimum absolute atomic E-state index is 0.0616. The Morgan fingerprint density at radius 1 is 1.70 bits per heavy atom. The molecule has 110 valence electrons. The van der Waals surface area contributed by atoms with Gasteiger partial charge in [0.05, 0.1) is 5.71 Å². The predicted octanol–water partition coefficient (Wildman–Crippen LogP) is 2.59. The van der Waals surface area contributed by atoms with Crippen LogP contribution in [-0.2, 0) is 14.4 Å². The van der Waals surface area contributed by atoms with Gasteiger partial charge in [-0.25, -0.2) is 4.79 Å². The number of oxime groups is 1. The van der Waals surface area contributed by atoms with Crippen LogP contribution in [0, 0.1) is 0 Å². The molecular formula is C14H19NO4S. The van der Waals surface area contributed by atoms with Crippen LogP contribution < -0.4 is 0 Å². The molecule has 0 bridgehead atoms. The molecule has 5 nitrogen and oxygen atoms in total. The van der Waals surface area contributed by atoms with Crippen LogP contribution in [0.3, 0.4) is 0 Å². The number of hydrogen-bond donors (Lipinski definition) is 1. The van der Waals surface area contributed by atoms with Crippen molar-refractivity contribution in [3.05, 3.63) is 24.0 Å². The van der Waals surface area contributed by atoms with Gasteiger partial charge in [0.25, 0.3) is 0 Å². The number of carbonyl (C=O) groups is 1. The van der Waals surface area contributed by atoms with E-state index in [9.17, 15) is 9.90 Å². The average molecular weight is 297 g/mol. The molecule has 0 aromatic rings. The van der Waals surface area contributed by atoms with Gasteiger partial charge in [0.1, 0.15) is 23.5 Å². The molecule has 0 radical (unpaired) electrons. The normalized spacial score (nSPS) is 26.9. The molecule has 6 heteroatoms. The topological polar surface area (TPSA) is 68.1 Å². The van der Waals surface area contributed by atoms with Gasteiger partial charge in [-0.15, -0.1) is 0 Å². The highest BCUT2D eigenvalue weighted by molar-refractivity contribution is 7.99. The van der Waals surface area contributed by atoms with E-state index in [1.165, 1.54) is 0 Å². The minimum atomic E-state index is -0.532. The van der Waals surface area contributed by atoms with Crippen molar-refractivity contribution in [1.82, 2.24) is 0 Å². The van der Waals surface area contributed by atoms with E-state index >= 15 is 0 Å². The largest absolute Gasteiger partial charge is 0.511 e. The minimum Gasteiger partial charge on any atom is -0.511 e. The number of ether oxygens (including phenoxy) is 1. The van der Waals surface area contributed by atoms with E-state index in [-0.39, 0.29) is 17.9 Å². The summed E-state index contributed by atoms with van der Waals surface area (Å²) in [6, 6.07) is 0. The van der Waals surface area contributed by atoms with Crippen molar-refractivity contribution < 1.29 is 19.5 Å². The van der Waals surface area contributed by atoms with E-state index in [0.29, 0.717) is 18.6 Å². The fourth-order valence-corrected chi connectivity index (χ4v) is 3.68. The molecule has 0 aromatic heterocycles. The van der Waals surface area contributed by atoms with E-state index in [1.54, 1.807) is 17.8 Å². The molecule has 20 heavy (non-hydrogen) atoms. The van der Waals surface area contributed by atoms with Crippen LogP contribution in [-0.4, -0.2) is 40.5 Å². The Bertz CT molecular complexity index is 464. The van der Waals surface area contributed by atoms with Crippen molar-refractivity contribution in [1.29, 1.82) is 0 Å². The first-order valence-electron chi connectivity index (χ1n) is 6.65. The van der Waals surface area contributed by atoms with Crippen molar-refractivity contribution in [2.75, 3.05) is 18.1 Å². The van der Waals surface area contributed by atoms with E-state index < -0.39 is 11.6 Å². The van der Waals surface area contributed by atoms with Crippen molar-refractivity contribution >= 4 is 23.4 Å². The van der Waals surface area contributed by atoms with Gasteiger partial charge in [-0.2, -0.15) is 11.8 Å². The SMILES string of the molecule is C=CCO/N=C(/CC)C1=C(O)CC2(CCSC2)OC1=O. The number of rotatable bonds is 5. The van der Waals surface area contributed by atoms with Crippen LogP contribution in [0.5, 0.6) is 0 Å². The van der Waals surface area contributed by atoms with Gasteiger partial charge >= 0.3 is 5.97 Å². The maximum atomic E-state index is 12.2. The van der Waals surface area contributed by atoms with Crippen LogP contribution in [0.15, 0.2) is 29.1 Å². The molecule has 2 heterocycles. The summed E-state index contributed by atoms with van der Waals surface area (Å²) in [5, 5.41) is 14.1. The monoisotopic (exact) mass is 297 g/mol. The van der Waals surface area contributed by atoms with Gasteiger partial charge in [0, 0.05) is 12.2 Å². The lowest BCUT2D eigenvalue weighted by atomic mass is 9.91. The third-order valence-electron chi connectivity index (χ3n) is 3.35. The summed E-state index contributed by atoms with van der Waals surface area (Å²) in [5.41, 5.74) is 0.0322. The summed E-state index contributed by atoms with van der Waals surface area (Å²) in [5.74, 6) is 1.25. The third-order valence-corrected chi connectivity index (χ3v) is 4.57. The Labute approximate surface area is 122 Å². The van der Waals surface area contributed by atoms with Crippen LogP contribution in [0.1, 0.15) is 26.2 Å². The lowest BCUT2D eigenvalue weighted by molar-refractivity contribution is -0.155. The van der Waals surface area contributed by atoms with E-state index in [4.69, 9.17) is 9.57 Å². The third kappa shape index (κ3) is 3.00. The van der Waals surface area contributed by atoms with Gasteiger partial charge in [-0.1, -0.05) is 24.7 Å². The highest BCUT2D eigenvalue weighted by Crippen LogP contribution is 2.40. The van der Waals surface area contributed by atoms with Crippen LogP contribution in [0.2, 0.25) is 0 Å². The lowest BCUT2D eigenvalue weighted by Crippen LogP contribution is -2.41. The zero-order valence-electron chi connectivity index (χ0n) is 11.6. The zero-order chi connectivity index (χ0) is 14.6. The Morgan fingerprint density at radius 3 is 3.05 bits per heavy atom. The van der Waals surface area contributed by atoms with Gasteiger partial charge in [0.2, 0.25) is 0 Å². The molecular weight excluding hydrogens is 278 g/mol. The Hall–Kier alpha value is -1.43. The summed E-state index contributed by atoms with van der Waals surface area (Å²) < 4.78 is 5.57. The van der Waals surface area contributed by atoms with Gasteiger partial charge in [0.15, 0.2) is 0 Å². The summed E-state index contributed by atoms with van der Waals surface area (Å²) in [4.78, 5) is 17.2. The van der Waals surface area contributed by atoms with Gasteiger partial charge in [-0.3, -0.25) is 0 Å². The Balaban J connectivity index is 2.23. The van der Waals surface area contributed by atoms with Crippen molar-refractivity contribution in [3.63, 3.8) is 0 Å². The molecule has 0 amide bonds. The molecule has 1 fully saturated rings. The van der Waals surface area contributed by atoms with Crippen molar-refractivity contribution in [2.45, 2.75) is 31.8 Å². The predicted molar refractivity (Wildman–Crippen MR) is 78.9 cm³/mol. The summed E-state index contributed by atoms with van der Waals surface area (Å²) >= 11 is 1.74. The van der Waals surface area contributed by atoms with E-state index in [1.807, 2.05) is 6.92 Å². The molecule has 1 saturated heterocycles. The molecule has 2 rings (SSSR count). The van der Waals surface area contributed by atoms with Gasteiger partial charge < -0.3 is 14.7 Å². The molecule has 1 atom stereocenters. The molecule has 0 aliphatic carbocycles. The molecule has 1 unspecified atom stereocenters. The smallest absolute Gasteiger partial charge is 0.344 e. The first-order valence-corrected chi connectivity index (χ1v) is 7.80. The number of carbonyl (C=O) groups excluding carboxylic acids is 1. The highest BCUT2D eigenvalue weighted by atomic mass is 32.2. The maximum Gasteiger partial charge on any atom is 0.344 e. The Morgan fingerprint density at radius 2 is 2.50 bits per heavy atom. The van der Waals surface area contributed by atoms with E-state index in [2.05, 4.69) is 11.7 Å². The second-order valence-electron chi connectivity index (χ2n) is 4.85. The first kappa shape index (κ1) is 15.0. The summed E-state index contributed by atoms with van der Waals surface area (Å²) in [7, 11) is 0. The number of esters is 1. The quantitative estimate of drug-likeness (QED) is 0.278. The van der Waals surface area contributed by atoms with Crippen molar-refractivity contribution in [3.8, 4) is 0 Å². The summed E-state index contributed by atoms with van der Waals surface area (Å²) in [6.45, 7) is 5.63. The van der Waals surface area contributed by atoms with Gasteiger partial charge in [-0.05, 0) is 18.6 Å². The molecule has 1 spiro atoms. The molecule has 1 N–H and O–H groups in total. The molecule has 2 aliphatic rings. The first-order chi connectivity index (χ1) is 9.62. The number of nitrogens with zero attached hydrogens (tertiary/aromatic N) is 1. The summed E-state index contributed by atoms with van der Waals surface area (Å²) in [6.07, 6.45) is 3.19. The second-order valence-corrected chi connectivity index (χ2v) is 5.95. The van der Waals surface area contributed by atoms with Crippen molar-refractivity contribution in [2.24, 2.45) is 5.16 Å². The number of thioether (sulfide) groups is 1. The van der Waals surface area contributed by atoms with E-state index in [0.717, 1.165) is 17.9 Å². The lowest BCUT2D eigenvalue weighted by Gasteiger charge is -2.33. The fraction of sp³-hybridized carbons (Fsp3) is 0.571. The standard InChI is InChI=1S/C14H19NO4S/c1-3-6-18-15-10(4-2)12-11(16)8-14(19-13(12)17)5-7-20-9-14/h3,16H,1,4-9H2,2H3/b15-10-. The number of aliphatic hydroxyl groups excluding tert-OH is 1.